The molecule has 1 amide bonds. The van der Waals surface area contributed by atoms with E-state index in [1.54, 1.807) is 24.3 Å². The molecule has 0 atom stereocenters. The lowest BCUT2D eigenvalue weighted by Crippen LogP contribution is -2.31. The molecule has 0 aromatic heterocycles. The number of para-hydroxylation sites is 1. The maximum absolute atomic E-state index is 11.5. The van der Waals surface area contributed by atoms with Gasteiger partial charge >= 0.3 is 0 Å². The van der Waals surface area contributed by atoms with Crippen LogP contribution < -0.4 is 10.1 Å². The van der Waals surface area contributed by atoms with Crippen molar-refractivity contribution in [3.05, 3.63) is 29.8 Å². The average Bonchev–Trinajstić information content (AvgIpc) is 2.41. The normalized spacial score (nSPS) is 10.0. The Balaban J connectivity index is 2.29. The predicted octanol–water partition coefficient (Wildman–Crippen LogP) is 1.00. The summed E-state index contributed by atoms with van der Waals surface area (Å²) in [7, 11) is 3.98. The van der Waals surface area contributed by atoms with Crippen LogP contribution in [0.2, 0.25) is 0 Å². The molecule has 0 bridgehead atoms. The number of hydrogen-bond acceptors (Lipinski definition) is 4. The Bertz CT molecular complexity index is 452. The Morgan fingerprint density at radius 2 is 2.16 bits per heavy atom. The van der Waals surface area contributed by atoms with Crippen LogP contribution in [0.1, 0.15) is 12.0 Å². The van der Waals surface area contributed by atoms with E-state index >= 15 is 0 Å². The van der Waals surface area contributed by atoms with E-state index in [0.29, 0.717) is 17.9 Å². The molecule has 102 valence electrons. The fraction of sp³-hybridized carbons (Fsp3) is 0.429. The maximum atomic E-state index is 11.5. The van der Waals surface area contributed by atoms with E-state index in [1.807, 2.05) is 20.2 Å². The van der Waals surface area contributed by atoms with Crippen LogP contribution in [0.3, 0.4) is 0 Å². The van der Waals surface area contributed by atoms with Crippen LogP contribution in [0.5, 0.6) is 5.75 Å². The molecule has 5 nitrogen and oxygen atoms in total. The molecule has 0 heterocycles. The molecule has 0 aliphatic rings. The van der Waals surface area contributed by atoms with Crippen LogP contribution in [-0.4, -0.2) is 44.6 Å². The summed E-state index contributed by atoms with van der Waals surface area (Å²) in [5, 5.41) is 11.6. The van der Waals surface area contributed by atoms with Crippen LogP contribution in [0, 0.1) is 11.3 Å². The highest BCUT2D eigenvalue weighted by Gasteiger charge is 2.05. The lowest BCUT2D eigenvalue weighted by atomic mass is 10.2. The van der Waals surface area contributed by atoms with Gasteiger partial charge in [-0.15, -0.1) is 0 Å². The van der Waals surface area contributed by atoms with Crippen LogP contribution >= 0.6 is 0 Å². The molecule has 1 N–H and O–H groups in total. The summed E-state index contributed by atoms with van der Waals surface area (Å²) in [6, 6.07) is 8.88. The molecule has 0 aliphatic heterocycles. The van der Waals surface area contributed by atoms with E-state index < -0.39 is 0 Å². The minimum atomic E-state index is -0.175. The van der Waals surface area contributed by atoms with Crippen LogP contribution in [0.15, 0.2) is 24.3 Å². The molecule has 1 rings (SSSR count). The maximum Gasteiger partial charge on any atom is 0.257 e. The summed E-state index contributed by atoms with van der Waals surface area (Å²) < 4.78 is 5.32. The summed E-state index contributed by atoms with van der Waals surface area (Å²) in [5.74, 6) is 0.264. The first kappa shape index (κ1) is 15.0. The molecule has 0 radical (unpaired) electrons. The number of rotatable bonds is 7. The van der Waals surface area contributed by atoms with Crippen molar-refractivity contribution in [2.24, 2.45) is 0 Å². The first-order chi connectivity index (χ1) is 9.13. The van der Waals surface area contributed by atoms with Crippen molar-refractivity contribution in [3.8, 4) is 11.8 Å². The molecule has 0 spiro atoms. The zero-order chi connectivity index (χ0) is 14.1. The number of nitrogens with one attached hydrogen (secondary N) is 1. The van der Waals surface area contributed by atoms with Crippen LogP contribution in [-0.2, 0) is 4.79 Å². The third-order valence-electron chi connectivity index (χ3n) is 2.47. The number of nitriles is 1. The van der Waals surface area contributed by atoms with Crippen molar-refractivity contribution in [1.82, 2.24) is 10.2 Å². The van der Waals surface area contributed by atoms with Crippen molar-refractivity contribution in [1.29, 1.82) is 5.26 Å². The lowest BCUT2D eigenvalue weighted by Gasteiger charge is -2.10. The average molecular weight is 261 g/mol. The Morgan fingerprint density at radius 1 is 1.42 bits per heavy atom. The van der Waals surface area contributed by atoms with Gasteiger partial charge in [0.25, 0.3) is 5.91 Å². The summed E-state index contributed by atoms with van der Waals surface area (Å²) in [4.78, 5) is 13.6. The van der Waals surface area contributed by atoms with E-state index in [-0.39, 0.29) is 12.5 Å². The van der Waals surface area contributed by atoms with E-state index in [2.05, 4.69) is 10.2 Å². The molecule has 1 aromatic carbocycles. The second-order valence-corrected chi connectivity index (χ2v) is 4.40. The van der Waals surface area contributed by atoms with Gasteiger partial charge in [0.05, 0.1) is 5.56 Å². The van der Waals surface area contributed by atoms with Gasteiger partial charge in [0, 0.05) is 6.54 Å². The molecule has 0 unspecified atom stereocenters. The van der Waals surface area contributed by atoms with Crippen molar-refractivity contribution >= 4 is 5.91 Å². The number of nitrogens with zero attached hydrogens (tertiary/aromatic N) is 2. The quantitative estimate of drug-likeness (QED) is 0.744. The molecular formula is C14H19N3O2. The Labute approximate surface area is 113 Å². The van der Waals surface area contributed by atoms with Gasteiger partial charge in [-0.1, -0.05) is 12.1 Å². The van der Waals surface area contributed by atoms with E-state index in [9.17, 15) is 4.79 Å². The van der Waals surface area contributed by atoms with Gasteiger partial charge in [0.2, 0.25) is 0 Å². The largest absolute Gasteiger partial charge is 0.482 e. The zero-order valence-electron chi connectivity index (χ0n) is 11.3. The number of amides is 1. The Morgan fingerprint density at radius 3 is 2.84 bits per heavy atom. The van der Waals surface area contributed by atoms with Crippen molar-refractivity contribution in [2.75, 3.05) is 33.8 Å². The van der Waals surface area contributed by atoms with E-state index in [1.165, 1.54) is 0 Å². The monoisotopic (exact) mass is 261 g/mol. The van der Waals surface area contributed by atoms with Gasteiger partial charge in [0.1, 0.15) is 11.8 Å². The molecular weight excluding hydrogens is 242 g/mol. The van der Waals surface area contributed by atoms with Gasteiger partial charge in [0.15, 0.2) is 6.61 Å². The van der Waals surface area contributed by atoms with Crippen molar-refractivity contribution in [2.45, 2.75) is 6.42 Å². The Kier molecular flexibility index (Phi) is 6.41. The fourth-order valence-corrected chi connectivity index (χ4v) is 1.50. The highest BCUT2D eigenvalue weighted by molar-refractivity contribution is 5.77. The number of hydrogen-bond donors (Lipinski definition) is 1. The third kappa shape index (κ3) is 5.89. The minimum absolute atomic E-state index is 0.0688. The topological polar surface area (TPSA) is 65.4 Å². The van der Waals surface area contributed by atoms with E-state index in [4.69, 9.17) is 10.00 Å². The second-order valence-electron chi connectivity index (χ2n) is 4.40. The van der Waals surface area contributed by atoms with E-state index in [0.717, 1.165) is 13.0 Å². The zero-order valence-corrected chi connectivity index (χ0v) is 11.3. The molecule has 0 fully saturated rings. The first-order valence-electron chi connectivity index (χ1n) is 6.17. The minimum Gasteiger partial charge on any atom is -0.482 e. The van der Waals surface area contributed by atoms with Crippen molar-refractivity contribution in [3.63, 3.8) is 0 Å². The summed E-state index contributed by atoms with van der Waals surface area (Å²) in [6.45, 7) is 1.49. The highest BCUT2D eigenvalue weighted by Crippen LogP contribution is 2.15. The molecule has 5 heteroatoms. The number of ether oxygens (including phenoxy) is 1. The van der Waals surface area contributed by atoms with Gasteiger partial charge in [-0.25, -0.2) is 0 Å². The number of carbonyl (C=O) groups is 1. The number of carbonyl (C=O) groups excluding carboxylic acids is 1. The van der Waals surface area contributed by atoms with Gasteiger partial charge < -0.3 is 15.0 Å². The van der Waals surface area contributed by atoms with Gasteiger partial charge in [-0.3, -0.25) is 4.79 Å². The third-order valence-corrected chi connectivity index (χ3v) is 2.47. The van der Waals surface area contributed by atoms with Crippen molar-refractivity contribution < 1.29 is 9.53 Å². The summed E-state index contributed by atoms with van der Waals surface area (Å²) in [6.07, 6.45) is 0.896. The summed E-state index contributed by atoms with van der Waals surface area (Å²) in [5.41, 5.74) is 0.433. The molecule has 19 heavy (non-hydrogen) atoms. The highest BCUT2D eigenvalue weighted by atomic mass is 16.5. The van der Waals surface area contributed by atoms with Crippen LogP contribution in [0.25, 0.3) is 0 Å². The smallest absolute Gasteiger partial charge is 0.257 e. The van der Waals surface area contributed by atoms with Crippen LogP contribution in [0.4, 0.5) is 0 Å². The number of benzene rings is 1. The molecule has 0 saturated carbocycles. The second kappa shape index (κ2) is 8.11. The SMILES string of the molecule is CN(C)CCCNC(=O)COc1ccccc1C#N. The fourth-order valence-electron chi connectivity index (χ4n) is 1.50. The first-order valence-corrected chi connectivity index (χ1v) is 6.17. The Hall–Kier alpha value is -2.06. The molecule has 0 saturated heterocycles. The van der Waals surface area contributed by atoms with Gasteiger partial charge in [-0.05, 0) is 39.2 Å². The predicted molar refractivity (Wildman–Crippen MR) is 72.8 cm³/mol. The lowest BCUT2D eigenvalue weighted by molar-refractivity contribution is -0.123. The molecule has 0 aliphatic carbocycles. The molecule has 1 aromatic rings. The summed E-state index contributed by atoms with van der Waals surface area (Å²) >= 11 is 0. The van der Waals surface area contributed by atoms with Gasteiger partial charge in [-0.2, -0.15) is 5.26 Å². The standard InChI is InChI=1S/C14H19N3O2/c1-17(2)9-5-8-16-14(18)11-19-13-7-4-3-6-12(13)10-15/h3-4,6-7H,5,8-9,11H2,1-2H3,(H,16,18).